The van der Waals surface area contributed by atoms with E-state index in [-0.39, 0.29) is 0 Å². The SMILES string of the molecule is CCNc1cc(COC)nc(C2CCCCS2)n1. The second kappa shape index (κ2) is 6.95. The maximum atomic E-state index is 5.18. The van der Waals surface area contributed by atoms with Crippen LogP contribution in [0.1, 0.15) is 43.0 Å². The lowest BCUT2D eigenvalue weighted by molar-refractivity contribution is 0.181. The lowest BCUT2D eigenvalue weighted by atomic mass is 10.2. The number of ether oxygens (including phenoxy) is 1. The molecule has 18 heavy (non-hydrogen) atoms. The van der Waals surface area contributed by atoms with Gasteiger partial charge >= 0.3 is 0 Å². The Morgan fingerprint density at radius 1 is 1.44 bits per heavy atom. The van der Waals surface area contributed by atoms with E-state index in [0.717, 1.165) is 23.9 Å². The highest BCUT2D eigenvalue weighted by atomic mass is 32.2. The number of hydrogen-bond donors (Lipinski definition) is 1. The fourth-order valence-electron chi connectivity index (χ4n) is 2.10. The smallest absolute Gasteiger partial charge is 0.144 e. The van der Waals surface area contributed by atoms with Gasteiger partial charge in [-0.3, -0.25) is 0 Å². The molecular weight excluding hydrogens is 246 g/mol. The standard InChI is InChI=1S/C13H21N3OS/c1-3-14-12-8-10(9-17-2)15-13(16-12)11-6-4-5-7-18-11/h8,11H,3-7,9H2,1-2H3,(H,14,15,16). The number of anilines is 1. The van der Waals surface area contributed by atoms with Crippen molar-refractivity contribution in [2.24, 2.45) is 0 Å². The second-order valence-electron chi connectivity index (χ2n) is 4.42. The summed E-state index contributed by atoms with van der Waals surface area (Å²) in [4.78, 5) is 9.26. The van der Waals surface area contributed by atoms with Crippen molar-refractivity contribution in [1.29, 1.82) is 0 Å². The van der Waals surface area contributed by atoms with Crippen LogP contribution in [0, 0.1) is 0 Å². The molecule has 1 N–H and O–H groups in total. The van der Waals surface area contributed by atoms with Gasteiger partial charge in [-0.15, -0.1) is 0 Å². The van der Waals surface area contributed by atoms with Crippen LogP contribution in [0.25, 0.3) is 0 Å². The van der Waals surface area contributed by atoms with E-state index >= 15 is 0 Å². The fraction of sp³-hybridized carbons (Fsp3) is 0.692. The summed E-state index contributed by atoms with van der Waals surface area (Å²) in [5, 5.41) is 3.72. The Morgan fingerprint density at radius 3 is 3.00 bits per heavy atom. The minimum atomic E-state index is 0.452. The third kappa shape index (κ3) is 3.59. The van der Waals surface area contributed by atoms with Gasteiger partial charge in [-0.25, -0.2) is 9.97 Å². The Morgan fingerprint density at radius 2 is 2.33 bits per heavy atom. The van der Waals surface area contributed by atoms with Gasteiger partial charge in [-0.2, -0.15) is 11.8 Å². The van der Waals surface area contributed by atoms with Crippen molar-refractivity contribution in [1.82, 2.24) is 9.97 Å². The minimum Gasteiger partial charge on any atom is -0.378 e. The van der Waals surface area contributed by atoms with Gasteiger partial charge in [-0.1, -0.05) is 6.42 Å². The van der Waals surface area contributed by atoms with Crippen molar-refractivity contribution in [2.45, 2.75) is 38.0 Å². The molecule has 1 aromatic rings. The Labute approximate surface area is 113 Å². The van der Waals surface area contributed by atoms with E-state index in [9.17, 15) is 0 Å². The van der Waals surface area contributed by atoms with Crippen LogP contribution < -0.4 is 5.32 Å². The van der Waals surface area contributed by atoms with Crippen LogP contribution in [0.4, 0.5) is 5.82 Å². The molecule has 0 bridgehead atoms. The Hall–Kier alpha value is -0.810. The van der Waals surface area contributed by atoms with E-state index in [0.29, 0.717) is 11.9 Å². The molecule has 1 aromatic heterocycles. The summed E-state index contributed by atoms with van der Waals surface area (Å²) in [6.45, 7) is 3.50. The first kappa shape index (κ1) is 13.6. The molecule has 0 spiro atoms. The molecule has 2 rings (SSSR count). The molecule has 0 aromatic carbocycles. The number of thioether (sulfide) groups is 1. The molecular formula is C13H21N3OS. The highest BCUT2D eigenvalue weighted by Gasteiger charge is 2.19. The molecule has 4 nitrogen and oxygen atoms in total. The highest BCUT2D eigenvalue weighted by Crippen LogP contribution is 2.36. The summed E-state index contributed by atoms with van der Waals surface area (Å²) in [5.74, 6) is 3.10. The summed E-state index contributed by atoms with van der Waals surface area (Å²) < 4.78 is 5.18. The van der Waals surface area contributed by atoms with E-state index < -0.39 is 0 Å². The fourth-order valence-corrected chi connectivity index (χ4v) is 3.34. The molecule has 100 valence electrons. The summed E-state index contributed by atoms with van der Waals surface area (Å²) in [6.07, 6.45) is 3.79. The lowest BCUT2D eigenvalue weighted by Crippen LogP contribution is -2.11. The number of aromatic nitrogens is 2. The lowest BCUT2D eigenvalue weighted by Gasteiger charge is -2.21. The van der Waals surface area contributed by atoms with E-state index in [1.807, 2.05) is 17.8 Å². The van der Waals surface area contributed by atoms with E-state index in [1.54, 1.807) is 7.11 Å². The van der Waals surface area contributed by atoms with Crippen LogP contribution in [0.5, 0.6) is 0 Å². The average Bonchev–Trinajstić information content (AvgIpc) is 2.40. The van der Waals surface area contributed by atoms with Crippen LogP contribution in [0.2, 0.25) is 0 Å². The first-order valence-electron chi connectivity index (χ1n) is 6.55. The van der Waals surface area contributed by atoms with Crippen molar-refractivity contribution in [2.75, 3.05) is 24.7 Å². The Kier molecular flexibility index (Phi) is 5.26. The second-order valence-corrected chi connectivity index (χ2v) is 5.73. The monoisotopic (exact) mass is 267 g/mol. The van der Waals surface area contributed by atoms with Crippen LogP contribution >= 0.6 is 11.8 Å². The van der Waals surface area contributed by atoms with Gasteiger partial charge in [0.2, 0.25) is 0 Å². The molecule has 1 aliphatic rings. The van der Waals surface area contributed by atoms with Crippen molar-refractivity contribution < 1.29 is 4.74 Å². The quantitative estimate of drug-likeness (QED) is 0.888. The van der Waals surface area contributed by atoms with Gasteiger partial charge in [0.15, 0.2) is 0 Å². The molecule has 1 unspecified atom stereocenters. The Bertz CT molecular complexity index is 356. The zero-order valence-electron chi connectivity index (χ0n) is 11.1. The molecule has 1 saturated heterocycles. The van der Waals surface area contributed by atoms with Crippen LogP contribution in [0.15, 0.2) is 6.07 Å². The average molecular weight is 267 g/mol. The van der Waals surface area contributed by atoms with Crippen molar-refractivity contribution in [3.8, 4) is 0 Å². The molecule has 1 fully saturated rings. The van der Waals surface area contributed by atoms with Gasteiger partial charge < -0.3 is 10.1 Å². The van der Waals surface area contributed by atoms with Crippen LogP contribution in [0.3, 0.4) is 0 Å². The third-order valence-corrected chi connectivity index (χ3v) is 4.29. The van der Waals surface area contributed by atoms with Gasteiger partial charge in [0, 0.05) is 19.7 Å². The number of methoxy groups -OCH3 is 1. The molecule has 0 radical (unpaired) electrons. The topological polar surface area (TPSA) is 47.0 Å². The van der Waals surface area contributed by atoms with Crippen molar-refractivity contribution >= 4 is 17.6 Å². The summed E-state index contributed by atoms with van der Waals surface area (Å²) in [7, 11) is 1.70. The van der Waals surface area contributed by atoms with E-state index in [2.05, 4.69) is 22.2 Å². The van der Waals surface area contributed by atoms with E-state index in [1.165, 1.54) is 25.0 Å². The summed E-state index contributed by atoms with van der Waals surface area (Å²) in [5.41, 5.74) is 0.963. The first-order valence-corrected chi connectivity index (χ1v) is 7.60. The molecule has 1 aliphatic heterocycles. The van der Waals surface area contributed by atoms with Crippen molar-refractivity contribution in [3.63, 3.8) is 0 Å². The maximum absolute atomic E-state index is 5.18. The van der Waals surface area contributed by atoms with Crippen LogP contribution in [-0.2, 0) is 11.3 Å². The predicted molar refractivity (Wildman–Crippen MR) is 76.0 cm³/mol. The predicted octanol–water partition coefficient (Wildman–Crippen LogP) is 3.01. The zero-order valence-corrected chi connectivity index (χ0v) is 11.9. The largest absolute Gasteiger partial charge is 0.378 e. The molecule has 2 heterocycles. The number of nitrogens with zero attached hydrogens (tertiary/aromatic N) is 2. The van der Waals surface area contributed by atoms with Gasteiger partial charge in [-0.05, 0) is 25.5 Å². The molecule has 0 saturated carbocycles. The van der Waals surface area contributed by atoms with Crippen molar-refractivity contribution in [3.05, 3.63) is 17.6 Å². The van der Waals surface area contributed by atoms with Gasteiger partial charge in [0.05, 0.1) is 17.6 Å². The first-order chi connectivity index (χ1) is 8.83. The molecule has 0 amide bonds. The highest BCUT2D eigenvalue weighted by molar-refractivity contribution is 7.99. The minimum absolute atomic E-state index is 0.452. The summed E-state index contributed by atoms with van der Waals surface area (Å²) >= 11 is 1.98. The van der Waals surface area contributed by atoms with Gasteiger partial charge in [0.1, 0.15) is 11.6 Å². The third-order valence-electron chi connectivity index (χ3n) is 2.91. The normalized spacial score (nSPS) is 19.8. The molecule has 1 atom stereocenters. The van der Waals surface area contributed by atoms with E-state index in [4.69, 9.17) is 4.74 Å². The number of rotatable bonds is 5. The number of nitrogens with one attached hydrogen (secondary N) is 1. The Balaban J connectivity index is 2.20. The van der Waals surface area contributed by atoms with Gasteiger partial charge in [0.25, 0.3) is 0 Å². The van der Waals surface area contributed by atoms with Crippen LogP contribution in [-0.4, -0.2) is 29.4 Å². The summed E-state index contributed by atoms with van der Waals surface area (Å²) in [6, 6.07) is 1.98. The number of hydrogen-bond acceptors (Lipinski definition) is 5. The molecule has 5 heteroatoms. The zero-order chi connectivity index (χ0) is 12.8. The molecule has 0 aliphatic carbocycles. The maximum Gasteiger partial charge on any atom is 0.144 e.